The fourth-order valence-electron chi connectivity index (χ4n) is 2.86. The first-order valence-electron chi connectivity index (χ1n) is 7.25. The Kier molecular flexibility index (Phi) is 5.71. The molecule has 1 atom stereocenters. The standard InChI is InChI=1S/C16H23FOS/c1-2-12-6-8-13(9-7-12)16(18)11-19-15-5-3-4-14(17)10-15/h3-5,10,12-13,16,18H,2,6-9,11H2,1H3. The van der Waals surface area contributed by atoms with E-state index in [-0.39, 0.29) is 11.9 Å². The summed E-state index contributed by atoms with van der Waals surface area (Å²) in [6.45, 7) is 2.25. The van der Waals surface area contributed by atoms with E-state index in [1.807, 2.05) is 6.07 Å². The largest absolute Gasteiger partial charge is 0.392 e. The van der Waals surface area contributed by atoms with Gasteiger partial charge in [-0.3, -0.25) is 0 Å². The van der Waals surface area contributed by atoms with Gasteiger partial charge >= 0.3 is 0 Å². The minimum Gasteiger partial charge on any atom is -0.392 e. The summed E-state index contributed by atoms with van der Waals surface area (Å²) in [4.78, 5) is 0.904. The first-order chi connectivity index (χ1) is 9.19. The van der Waals surface area contributed by atoms with Crippen LogP contribution in [-0.4, -0.2) is 17.0 Å². The molecule has 0 aliphatic heterocycles. The highest BCUT2D eigenvalue weighted by Crippen LogP contribution is 2.34. The van der Waals surface area contributed by atoms with E-state index in [9.17, 15) is 9.50 Å². The van der Waals surface area contributed by atoms with Gasteiger partial charge in [-0.25, -0.2) is 4.39 Å². The smallest absolute Gasteiger partial charge is 0.124 e. The molecule has 1 nitrogen and oxygen atoms in total. The van der Waals surface area contributed by atoms with Crippen LogP contribution >= 0.6 is 11.8 Å². The lowest BCUT2D eigenvalue weighted by molar-refractivity contribution is 0.0916. The first kappa shape index (κ1) is 14.9. The van der Waals surface area contributed by atoms with Gasteiger partial charge in [0.25, 0.3) is 0 Å². The van der Waals surface area contributed by atoms with E-state index < -0.39 is 0 Å². The van der Waals surface area contributed by atoms with Crippen LogP contribution in [0, 0.1) is 17.7 Å². The summed E-state index contributed by atoms with van der Waals surface area (Å²) in [6.07, 6.45) is 5.80. The van der Waals surface area contributed by atoms with E-state index >= 15 is 0 Å². The van der Waals surface area contributed by atoms with Gasteiger partial charge in [0, 0.05) is 10.6 Å². The molecule has 1 fully saturated rings. The van der Waals surface area contributed by atoms with Crippen molar-refractivity contribution in [3.63, 3.8) is 0 Å². The quantitative estimate of drug-likeness (QED) is 0.803. The highest BCUT2D eigenvalue weighted by atomic mass is 32.2. The Morgan fingerprint density at radius 3 is 2.68 bits per heavy atom. The molecule has 1 aromatic rings. The average Bonchev–Trinajstić information content (AvgIpc) is 2.45. The van der Waals surface area contributed by atoms with E-state index in [2.05, 4.69) is 6.92 Å². The van der Waals surface area contributed by atoms with Crippen molar-refractivity contribution in [1.82, 2.24) is 0 Å². The minimum absolute atomic E-state index is 0.206. The summed E-state index contributed by atoms with van der Waals surface area (Å²) in [5.41, 5.74) is 0. The molecule has 0 heterocycles. The van der Waals surface area contributed by atoms with Crippen molar-refractivity contribution >= 4 is 11.8 Å². The maximum absolute atomic E-state index is 13.1. The van der Waals surface area contributed by atoms with Gasteiger partial charge in [-0.2, -0.15) is 0 Å². The highest BCUT2D eigenvalue weighted by Gasteiger charge is 2.25. The lowest BCUT2D eigenvalue weighted by Crippen LogP contribution is -2.27. The van der Waals surface area contributed by atoms with Crippen molar-refractivity contribution < 1.29 is 9.50 Å². The summed E-state index contributed by atoms with van der Waals surface area (Å²) in [6, 6.07) is 6.60. The van der Waals surface area contributed by atoms with Crippen LogP contribution in [0.3, 0.4) is 0 Å². The minimum atomic E-state index is -0.258. The van der Waals surface area contributed by atoms with Gasteiger partial charge in [-0.15, -0.1) is 11.8 Å². The normalized spacial score (nSPS) is 25.2. The van der Waals surface area contributed by atoms with E-state index in [0.717, 1.165) is 23.7 Å². The van der Waals surface area contributed by atoms with Crippen LogP contribution in [0.1, 0.15) is 39.0 Å². The molecule has 1 aliphatic carbocycles. The van der Waals surface area contributed by atoms with Crippen molar-refractivity contribution in [3.8, 4) is 0 Å². The summed E-state index contributed by atoms with van der Waals surface area (Å²) >= 11 is 1.55. The van der Waals surface area contributed by atoms with Crippen molar-refractivity contribution in [2.45, 2.75) is 50.0 Å². The number of benzene rings is 1. The van der Waals surface area contributed by atoms with Gasteiger partial charge in [-0.05, 0) is 42.9 Å². The molecule has 0 amide bonds. The molecule has 0 radical (unpaired) electrons. The Labute approximate surface area is 119 Å². The summed E-state index contributed by atoms with van der Waals surface area (Å²) in [7, 11) is 0. The molecule has 1 unspecified atom stereocenters. The SMILES string of the molecule is CCC1CCC(C(O)CSc2cccc(F)c2)CC1. The summed E-state index contributed by atoms with van der Waals surface area (Å²) < 4.78 is 13.1. The maximum Gasteiger partial charge on any atom is 0.124 e. The number of thioether (sulfide) groups is 1. The molecule has 0 bridgehead atoms. The van der Waals surface area contributed by atoms with Crippen LogP contribution in [0.5, 0.6) is 0 Å². The van der Waals surface area contributed by atoms with Crippen LogP contribution in [0.4, 0.5) is 4.39 Å². The Morgan fingerprint density at radius 1 is 1.32 bits per heavy atom. The second kappa shape index (κ2) is 7.30. The predicted molar refractivity (Wildman–Crippen MR) is 78.9 cm³/mol. The Hall–Kier alpha value is -0.540. The van der Waals surface area contributed by atoms with Crippen molar-refractivity contribution in [2.75, 3.05) is 5.75 Å². The first-order valence-corrected chi connectivity index (χ1v) is 8.24. The molecule has 106 valence electrons. The van der Waals surface area contributed by atoms with Gasteiger partial charge in [0.05, 0.1) is 6.10 Å². The van der Waals surface area contributed by atoms with E-state index in [1.165, 1.54) is 31.4 Å². The predicted octanol–water partition coefficient (Wildman–Crippen LogP) is 4.50. The van der Waals surface area contributed by atoms with Gasteiger partial charge < -0.3 is 5.11 Å². The number of halogens is 1. The maximum atomic E-state index is 13.1. The van der Waals surface area contributed by atoms with Crippen LogP contribution in [0.15, 0.2) is 29.2 Å². The fraction of sp³-hybridized carbons (Fsp3) is 0.625. The average molecular weight is 282 g/mol. The second-order valence-corrected chi connectivity index (χ2v) is 6.62. The zero-order chi connectivity index (χ0) is 13.7. The number of hydrogen-bond acceptors (Lipinski definition) is 2. The molecule has 1 aromatic carbocycles. The van der Waals surface area contributed by atoms with Gasteiger partial charge in [-0.1, -0.05) is 32.3 Å². The van der Waals surface area contributed by atoms with E-state index in [1.54, 1.807) is 17.8 Å². The molecular formula is C16H23FOS. The molecule has 1 N–H and O–H groups in total. The molecule has 0 saturated heterocycles. The number of hydrogen-bond donors (Lipinski definition) is 1. The lowest BCUT2D eigenvalue weighted by Gasteiger charge is -2.30. The zero-order valence-corrected chi connectivity index (χ0v) is 12.3. The Morgan fingerprint density at radius 2 is 2.05 bits per heavy atom. The molecular weight excluding hydrogens is 259 g/mol. The van der Waals surface area contributed by atoms with Crippen molar-refractivity contribution in [3.05, 3.63) is 30.1 Å². The molecule has 1 aliphatic rings. The molecule has 3 heteroatoms. The zero-order valence-electron chi connectivity index (χ0n) is 11.5. The van der Waals surface area contributed by atoms with Crippen LogP contribution in [-0.2, 0) is 0 Å². The Bertz CT molecular complexity index is 388. The third-order valence-electron chi connectivity index (χ3n) is 4.23. The van der Waals surface area contributed by atoms with Gasteiger partial charge in [0.2, 0.25) is 0 Å². The third-order valence-corrected chi connectivity index (χ3v) is 5.33. The van der Waals surface area contributed by atoms with Gasteiger partial charge in [0.15, 0.2) is 0 Å². The summed E-state index contributed by atoms with van der Waals surface area (Å²) in [5.74, 6) is 1.76. The van der Waals surface area contributed by atoms with Gasteiger partial charge in [0.1, 0.15) is 5.82 Å². The number of aliphatic hydroxyl groups excluding tert-OH is 1. The molecule has 2 rings (SSSR count). The van der Waals surface area contributed by atoms with Crippen LogP contribution in [0.25, 0.3) is 0 Å². The molecule has 0 aromatic heterocycles. The lowest BCUT2D eigenvalue weighted by atomic mass is 9.79. The van der Waals surface area contributed by atoms with Crippen molar-refractivity contribution in [1.29, 1.82) is 0 Å². The fourth-order valence-corrected chi connectivity index (χ4v) is 3.86. The van der Waals surface area contributed by atoms with Crippen LogP contribution in [0.2, 0.25) is 0 Å². The van der Waals surface area contributed by atoms with E-state index in [4.69, 9.17) is 0 Å². The second-order valence-electron chi connectivity index (χ2n) is 5.52. The monoisotopic (exact) mass is 282 g/mol. The molecule has 19 heavy (non-hydrogen) atoms. The molecule has 0 spiro atoms. The van der Waals surface area contributed by atoms with E-state index in [0.29, 0.717) is 11.7 Å². The molecule has 1 saturated carbocycles. The van der Waals surface area contributed by atoms with Crippen molar-refractivity contribution in [2.24, 2.45) is 11.8 Å². The number of rotatable bonds is 5. The summed E-state index contributed by atoms with van der Waals surface area (Å²) in [5, 5.41) is 10.2. The number of aliphatic hydroxyl groups is 1. The Balaban J connectivity index is 1.77. The highest BCUT2D eigenvalue weighted by molar-refractivity contribution is 7.99. The third kappa shape index (κ3) is 4.50. The topological polar surface area (TPSA) is 20.2 Å². The van der Waals surface area contributed by atoms with Crippen LogP contribution < -0.4 is 0 Å².